The van der Waals surface area contributed by atoms with Crippen molar-refractivity contribution in [2.75, 3.05) is 19.8 Å². The molecule has 0 radical (unpaired) electrons. The third-order valence-electron chi connectivity index (χ3n) is 11.2. The molecular weight excluding hydrogens is 832 g/mol. The van der Waals surface area contributed by atoms with Gasteiger partial charge in [-0.3, -0.25) is 4.79 Å². The number of esters is 2. The van der Waals surface area contributed by atoms with Gasteiger partial charge >= 0.3 is 11.9 Å². The molecule has 3 aliphatic rings. The van der Waals surface area contributed by atoms with Crippen LogP contribution in [0.1, 0.15) is 37.8 Å². The third-order valence-corrected chi connectivity index (χ3v) is 11.2. The molecule has 22 nitrogen and oxygen atoms in total. The minimum Gasteiger partial charge on any atom is -0.462 e. The number of carbonyl (C=O) groups is 2. The Labute approximate surface area is 354 Å². The highest BCUT2D eigenvalue weighted by atomic mass is 16.7. The minimum atomic E-state index is -2.27. The van der Waals surface area contributed by atoms with E-state index in [4.69, 9.17) is 37.9 Å². The first-order valence-electron chi connectivity index (χ1n) is 19.9. The van der Waals surface area contributed by atoms with Gasteiger partial charge in [0.1, 0.15) is 98.0 Å². The van der Waals surface area contributed by atoms with E-state index in [1.807, 2.05) is 0 Å². The van der Waals surface area contributed by atoms with E-state index in [0.29, 0.717) is 11.1 Å². The van der Waals surface area contributed by atoms with E-state index in [1.54, 1.807) is 13.8 Å². The van der Waals surface area contributed by atoms with E-state index in [1.165, 1.54) is 48.5 Å². The largest absolute Gasteiger partial charge is 0.462 e. The van der Waals surface area contributed by atoms with Gasteiger partial charge in [0.2, 0.25) is 12.6 Å². The van der Waals surface area contributed by atoms with Crippen molar-refractivity contribution < 1.29 is 109 Å². The number of hydrogen-bond donors (Lipinski definition) is 12. The first-order valence-corrected chi connectivity index (χ1v) is 19.9. The predicted octanol–water partition coefficient (Wildman–Crippen LogP) is -4.18. The summed E-state index contributed by atoms with van der Waals surface area (Å²) in [4.78, 5) is 27.9. The Morgan fingerprint density at radius 1 is 0.565 bits per heavy atom. The molecule has 0 spiro atoms. The average Bonchev–Trinajstić information content (AvgIpc) is 3.28. The van der Waals surface area contributed by atoms with Crippen LogP contribution in [-0.2, 0) is 51.2 Å². The Kier molecular flexibility index (Phi) is 17.4. The second-order valence-electron chi connectivity index (χ2n) is 15.3. The van der Waals surface area contributed by atoms with Crippen molar-refractivity contribution in [2.24, 2.45) is 5.92 Å². The molecule has 2 aromatic rings. The molecule has 0 amide bonds. The molecule has 22 heteroatoms. The second-order valence-corrected chi connectivity index (χ2v) is 15.3. The normalized spacial score (nSPS) is 35.3. The van der Waals surface area contributed by atoms with Gasteiger partial charge in [-0.1, -0.05) is 44.5 Å². The highest BCUT2D eigenvalue weighted by Gasteiger charge is 2.54. The van der Waals surface area contributed by atoms with Crippen LogP contribution in [-0.4, -0.2) is 191 Å². The molecule has 0 saturated carbocycles. The topological polar surface area (TPSA) is 351 Å². The van der Waals surface area contributed by atoms with Gasteiger partial charge in [0, 0.05) is 0 Å². The lowest BCUT2D eigenvalue weighted by molar-refractivity contribution is -0.330. The van der Waals surface area contributed by atoms with Crippen LogP contribution >= 0.6 is 0 Å². The van der Waals surface area contributed by atoms with Gasteiger partial charge < -0.3 is 99.2 Å². The Bertz CT molecular complexity index is 1710. The third kappa shape index (κ3) is 11.2. The van der Waals surface area contributed by atoms with Gasteiger partial charge in [0.15, 0.2) is 11.9 Å². The van der Waals surface area contributed by atoms with Crippen molar-refractivity contribution in [3.8, 4) is 11.5 Å². The van der Waals surface area contributed by atoms with Gasteiger partial charge in [-0.25, -0.2) is 4.79 Å². The maximum atomic E-state index is 14.2. The second kappa shape index (κ2) is 21.8. The van der Waals surface area contributed by atoms with Crippen LogP contribution in [0, 0.1) is 5.92 Å². The minimum absolute atomic E-state index is 0.128. The van der Waals surface area contributed by atoms with Crippen molar-refractivity contribution in [1.29, 1.82) is 0 Å². The van der Waals surface area contributed by atoms with Crippen molar-refractivity contribution in [2.45, 2.75) is 138 Å². The SMILES string of the molecule is CC[C@H](C)[C@](CC(=O)OCc1ccc(O[C@@H]2O[C@H](CO)[C@@H](O)[C@H](O)[C@H]2O)cc1)(O[C@@H]1O[C@H](CO)[C@@H](O)[C@H](O)[C@H]1O)C(=O)OCc1ccc(O[C@@H]2O[C@H](CO)[C@@H](O)[C@H](O)[C@H]2O)cc1. The average molecular weight is 889 g/mol. The maximum absolute atomic E-state index is 14.2. The zero-order valence-corrected chi connectivity index (χ0v) is 33.8. The van der Waals surface area contributed by atoms with Crippen molar-refractivity contribution in [1.82, 2.24) is 0 Å². The molecule has 62 heavy (non-hydrogen) atoms. The van der Waals surface area contributed by atoms with Crippen LogP contribution in [0.4, 0.5) is 0 Å². The molecule has 0 aliphatic carbocycles. The van der Waals surface area contributed by atoms with Gasteiger partial charge in [0.05, 0.1) is 26.2 Å². The number of aliphatic hydroxyl groups excluding tert-OH is 12. The number of ether oxygens (including phenoxy) is 8. The lowest BCUT2D eigenvalue weighted by atomic mass is 9.83. The number of rotatable bonds is 18. The lowest BCUT2D eigenvalue weighted by Gasteiger charge is -2.44. The molecule has 5 rings (SSSR count). The van der Waals surface area contributed by atoms with Crippen LogP contribution in [0.3, 0.4) is 0 Å². The van der Waals surface area contributed by atoms with Gasteiger partial charge in [-0.15, -0.1) is 0 Å². The molecule has 2 aromatic carbocycles. The van der Waals surface area contributed by atoms with Crippen molar-refractivity contribution >= 4 is 11.9 Å². The molecule has 12 N–H and O–H groups in total. The van der Waals surface area contributed by atoms with Crippen molar-refractivity contribution in [3.63, 3.8) is 0 Å². The molecule has 0 bridgehead atoms. The summed E-state index contributed by atoms with van der Waals surface area (Å²) in [6.45, 7) is 0.352. The molecule has 17 atom stereocenters. The van der Waals surface area contributed by atoms with Gasteiger partial charge in [-0.2, -0.15) is 0 Å². The summed E-state index contributed by atoms with van der Waals surface area (Å²) in [5.74, 6) is -2.70. The zero-order chi connectivity index (χ0) is 45.5. The Hall–Kier alpha value is -3.66. The Morgan fingerprint density at radius 2 is 0.935 bits per heavy atom. The van der Waals surface area contributed by atoms with Crippen LogP contribution in [0.2, 0.25) is 0 Å². The Morgan fingerprint density at radius 3 is 1.32 bits per heavy atom. The van der Waals surface area contributed by atoms with E-state index >= 15 is 0 Å². The molecule has 0 unspecified atom stereocenters. The number of hydrogen-bond acceptors (Lipinski definition) is 22. The molecule has 0 aromatic heterocycles. The van der Waals surface area contributed by atoms with E-state index in [0.717, 1.165) is 0 Å². The standard InChI is InChI=1S/C40H56O22/c1-3-18(2)40(62-38-35(53)32(50)29(47)25(15-43)61-38,39(54)56-17-20-6-10-22(11-7-20)58-37-34(52)31(49)28(46)24(14-42)60-37)12-26(44)55-16-19-4-8-21(9-5-19)57-36-33(51)30(48)27(45)23(13-41)59-36/h4-11,18,23-25,27-38,41-43,45-53H,3,12-17H2,1-2H3/t18-,23+,24+,25+,27+,28+,29+,30-,31-,32-,33+,34+,35+,36+,37+,38-,40-/m0/s1. The van der Waals surface area contributed by atoms with Crippen LogP contribution in [0.25, 0.3) is 0 Å². The summed E-state index contributed by atoms with van der Waals surface area (Å²) in [5.41, 5.74) is -1.47. The fourth-order valence-corrected chi connectivity index (χ4v) is 6.98. The lowest BCUT2D eigenvalue weighted by Crippen LogP contribution is -2.63. The number of benzene rings is 2. The Balaban J connectivity index is 1.29. The molecular formula is C40H56O22. The van der Waals surface area contributed by atoms with E-state index < -0.39 is 148 Å². The van der Waals surface area contributed by atoms with E-state index in [2.05, 4.69) is 0 Å². The van der Waals surface area contributed by atoms with E-state index in [-0.39, 0.29) is 24.5 Å². The summed E-state index contributed by atoms with van der Waals surface area (Å²) in [7, 11) is 0. The first-order chi connectivity index (χ1) is 29.5. The summed E-state index contributed by atoms with van der Waals surface area (Å²) in [5, 5.41) is 121. The quantitative estimate of drug-likeness (QED) is 0.0632. The maximum Gasteiger partial charge on any atom is 0.339 e. The van der Waals surface area contributed by atoms with Crippen LogP contribution in [0.5, 0.6) is 11.5 Å². The molecule has 3 heterocycles. The highest BCUT2D eigenvalue weighted by Crippen LogP contribution is 2.36. The highest BCUT2D eigenvalue weighted by molar-refractivity contribution is 5.86. The van der Waals surface area contributed by atoms with Crippen LogP contribution in [0.15, 0.2) is 48.5 Å². The summed E-state index contributed by atoms with van der Waals surface area (Å²) >= 11 is 0. The number of aliphatic hydroxyl groups is 12. The van der Waals surface area contributed by atoms with Crippen LogP contribution < -0.4 is 9.47 Å². The smallest absolute Gasteiger partial charge is 0.339 e. The zero-order valence-electron chi connectivity index (χ0n) is 33.8. The molecule has 3 fully saturated rings. The van der Waals surface area contributed by atoms with Gasteiger partial charge in [0.25, 0.3) is 0 Å². The molecule has 3 saturated heterocycles. The van der Waals surface area contributed by atoms with Gasteiger partial charge in [-0.05, 0) is 41.3 Å². The summed E-state index contributed by atoms with van der Waals surface area (Å²) in [6.07, 6.45) is -24.6. The number of carbonyl (C=O) groups excluding carboxylic acids is 2. The summed E-state index contributed by atoms with van der Waals surface area (Å²) < 4.78 is 44.8. The fraction of sp³-hybridized carbons (Fsp3) is 0.650. The first kappa shape index (κ1) is 49.4. The van der Waals surface area contributed by atoms with Crippen molar-refractivity contribution in [3.05, 3.63) is 59.7 Å². The predicted molar refractivity (Wildman–Crippen MR) is 203 cm³/mol. The monoisotopic (exact) mass is 888 g/mol. The molecule has 3 aliphatic heterocycles. The summed E-state index contributed by atoms with van der Waals surface area (Å²) in [6, 6.07) is 11.6. The molecule has 348 valence electrons. The van der Waals surface area contributed by atoms with E-state index in [9.17, 15) is 70.9 Å². The fourth-order valence-electron chi connectivity index (χ4n) is 6.98.